The van der Waals surface area contributed by atoms with Crippen molar-refractivity contribution in [1.82, 2.24) is 4.98 Å². The second kappa shape index (κ2) is 6.60. The molecule has 0 radical (unpaired) electrons. The molecule has 1 aromatic heterocycles. The third-order valence-corrected chi connectivity index (χ3v) is 4.27. The third kappa shape index (κ3) is 3.22. The highest BCUT2D eigenvalue weighted by Gasteiger charge is 2.19. The number of hydrogen-bond acceptors (Lipinski definition) is 5. The molecule has 0 bridgehead atoms. The minimum atomic E-state index is -1.60. The normalized spacial score (nSPS) is 10.8. The number of ether oxygens (including phenoxy) is 2. The molecule has 0 atom stereocenters. The van der Waals surface area contributed by atoms with Crippen molar-refractivity contribution in [3.05, 3.63) is 47.3 Å². The predicted molar refractivity (Wildman–Crippen MR) is 87.0 cm³/mol. The fraction of sp³-hybridized carbons (Fsp3) is 0.125. The second-order valence-electron chi connectivity index (χ2n) is 4.91. The Labute approximate surface area is 144 Å². The predicted octanol–water partition coefficient (Wildman–Crippen LogP) is 3.98. The second-order valence-corrected chi connectivity index (χ2v) is 5.94. The Morgan fingerprint density at radius 1 is 1.04 bits per heavy atom. The average Bonchev–Trinajstić information content (AvgIpc) is 3.01. The van der Waals surface area contributed by atoms with Crippen LogP contribution in [-0.2, 0) is 0 Å². The number of anilines is 1. The van der Waals surface area contributed by atoms with Gasteiger partial charge in [0.15, 0.2) is 22.6 Å². The van der Waals surface area contributed by atoms with Crippen molar-refractivity contribution >= 4 is 32.6 Å². The van der Waals surface area contributed by atoms with Gasteiger partial charge in [0, 0.05) is 11.6 Å². The Kier molecular flexibility index (Phi) is 4.49. The molecule has 1 amide bonds. The molecule has 9 heteroatoms. The quantitative estimate of drug-likeness (QED) is 0.708. The number of amides is 1. The lowest BCUT2D eigenvalue weighted by Gasteiger charge is -2.07. The van der Waals surface area contributed by atoms with Crippen LogP contribution < -0.4 is 14.8 Å². The molecule has 0 aliphatic heterocycles. The Balaban J connectivity index is 1.93. The molecule has 0 saturated carbocycles. The van der Waals surface area contributed by atoms with Gasteiger partial charge in [0.1, 0.15) is 17.0 Å². The maximum absolute atomic E-state index is 13.7. The van der Waals surface area contributed by atoms with Gasteiger partial charge in [-0.25, -0.2) is 18.2 Å². The van der Waals surface area contributed by atoms with Gasteiger partial charge in [-0.15, -0.1) is 0 Å². The number of thiazole rings is 1. The van der Waals surface area contributed by atoms with E-state index in [1.807, 2.05) is 0 Å². The SMILES string of the molecule is COc1cc(OC)cc(C(=O)Nc2nc3c(F)c(F)c(F)cc3s2)c1. The zero-order valence-corrected chi connectivity index (χ0v) is 13.8. The molecular weight excluding hydrogens is 357 g/mol. The zero-order valence-electron chi connectivity index (χ0n) is 13.0. The van der Waals surface area contributed by atoms with E-state index >= 15 is 0 Å². The number of methoxy groups -OCH3 is 2. The number of benzene rings is 2. The lowest BCUT2D eigenvalue weighted by molar-refractivity contribution is 0.102. The smallest absolute Gasteiger partial charge is 0.257 e. The molecular formula is C16H11F3N2O3S. The van der Waals surface area contributed by atoms with E-state index in [0.717, 1.165) is 17.4 Å². The summed E-state index contributed by atoms with van der Waals surface area (Å²) in [4.78, 5) is 16.2. The Bertz CT molecular complexity index is 953. The van der Waals surface area contributed by atoms with Crippen LogP contribution in [0.15, 0.2) is 24.3 Å². The first-order valence-electron chi connectivity index (χ1n) is 6.91. The fourth-order valence-electron chi connectivity index (χ4n) is 2.14. The zero-order chi connectivity index (χ0) is 18.1. The van der Waals surface area contributed by atoms with Crippen LogP contribution in [0.5, 0.6) is 11.5 Å². The highest BCUT2D eigenvalue weighted by atomic mass is 32.1. The van der Waals surface area contributed by atoms with Crippen molar-refractivity contribution in [2.75, 3.05) is 19.5 Å². The number of carbonyl (C=O) groups is 1. The minimum Gasteiger partial charge on any atom is -0.497 e. The van der Waals surface area contributed by atoms with Gasteiger partial charge < -0.3 is 9.47 Å². The van der Waals surface area contributed by atoms with E-state index in [1.54, 1.807) is 6.07 Å². The van der Waals surface area contributed by atoms with Crippen LogP contribution in [0.2, 0.25) is 0 Å². The van der Waals surface area contributed by atoms with E-state index in [4.69, 9.17) is 9.47 Å². The summed E-state index contributed by atoms with van der Waals surface area (Å²) in [5.74, 6) is -4.06. The molecule has 3 aromatic rings. The molecule has 0 aliphatic carbocycles. The Morgan fingerprint density at radius 3 is 2.28 bits per heavy atom. The molecule has 0 unspecified atom stereocenters. The van der Waals surface area contributed by atoms with Crippen molar-refractivity contribution in [2.45, 2.75) is 0 Å². The molecule has 0 saturated heterocycles. The van der Waals surface area contributed by atoms with Gasteiger partial charge in [-0.05, 0) is 18.2 Å². The maximum Gasteiger partial charge on any atom is 0.257 e. The van der Waals surface area contributed by atoms with Crippen molar-refractivity contribution in [3.8, 4) is 11.5 Å². The van der Waals surface area contributed by atoms with E-state index in [0.29, 0.717) is 11.5 Å². The number of hydrogen-bond donors (Lipinski definition) is 1. The first-order valence-corrected chi connectivity index (χ1v) is 7.73. The first-order chi connectivity index (χ1) is 11.9. The summed E-state index contributed by atoms with van der Waals surface area (Å²) in [7, 11) is 2.88. The lowest BCUT2D eigenvalue weighted by Crippen LogP contribution is -2.12. The van der Waals surface area contributed by atoms with Crippen LogP contribution in [-0.4, -0.2) is 25.1 Å². The average molecular weight is 368 g/mol. The van der Waals surface area contributed by atoms with Gasteiger partial charge in [-0.2, -0.15) is 0 Å². The number of nitrogens with one attached hydrogen (secondary N) is 1. The number of fused-ring (bicyclic) bond motifs is 1. The van der Waals surface area contributed by atoms with Crippen molar-refractivity contribution in [3.63, 3.8) is 0 Å². The highest BCUT2D eigenvalue weighted by molar-refractivity contribution is 7.22. The molecule has 3 rings (SSSR count). The van der Waals surface area contributed by atoms with Crippen LogP contribution >= 0.6 is 11.3 Å². The summed E-state index contributed by atoms with van der Waals surface area (Å²) in [5, 5.41) is 2.47. The maximum atomic E-state index is 13.7. The summed E-state index contributed by atoms with van der Waals surface area (Å²) in [6.07, 6.45) is 0. The van der Waals surface area contributed by atoms with Gasteiger partial charge in [0.25, 0.3) is 5.91 Å². The standard InChI is InChI=1S/C16H11F3N2O3S/c1-23-8-3-7(4-9(5-8)24-2)15(22)21-16-20-14-11(25-16)6-10(17)12(18)13(14)19/h3-6H,1-2H3,(H,20,21,22). The molecule has 130 valence electrons. The molecule has 25 heavy (non-hydrogen) atoms. The molecule has 0 spiro atoms. The van der Waals surface area contributed by atoms with Crippen LogP contribution in [0.3, 0.4) is 0 Å². The minimum absolute atomic E-state index is 0.00527. The van der Waals surface area contributed by atoms with Crippen molar-refractivity contribution in [2.24, 2.45) is 0 Å². The number of carbonyl (C=O) groups excluding carboxylic acids is 1. The first kappa shape index (κ1) is 17.0. The molecule has 0 aliphatic rings. The topological polar surface area (TPSA) is 60.5 Å². The lowest BCUT2D eigenvalue weighted by atomic mass is 10.2. The third-order valence-electron chi connectivity index (χ3n) is 3.36. The summed E-state index contributed by atoms with van der Waals surface area (Å²) in [5.41, 5.74) is -0.129. The van der Waals surface area contributed by atoms with Gasteiger partial charge >= 0.3 is 0 Å². The highest BCUT2D eigenvalue weighted by Crippen LogP contribution is 2.31. The van der Waals surface area contributed by atoms with E-state index < -0.39 is 23.4 Å². The van der Waals surface area contributed by atoms with Gasteiger partial charge in [-0.1, -0.05) is 11.3 Å². The van der Waals surface area contributed by atoms with Crippen LogP contribution in [0.4, 0.5) is 18.3 Å². The molecule has 1 heterocycles. The van der Waals surface area contributed by atoms with Crippen molar-refractivity contribution in [1.29, 1.82) is 0 Å². The van der Waals surface area contributed by atoms with Crippen molar-refractivity contribution < 1.29 is 27.4 Å². The summed E-state index contributed by atoms with van der Waals surface area (Å²) in [6, 6.07) is 5.38. The fourth-order valence-corrected chi connectivity index (χ4v) is 3.02. The summed E-state index contributed by atoms with van der Waals surface area (Å²) in [6.45, 7) is 0. The molecule has 1 N–H and O–H groups in total. The van der Waals surface area contributed by atoms with E-state index in [9.17, 15) is 18.0 Å². The number of halogens is 3. The molecule has 0 fully saturated rings. The monoisotopic (exact) mass is 368 g/mol. The number of nitrogens with zero attached hydrogens (tertiary/aromatic N) is 1. The van der Waals surface area contributed by atoms with E-state index in [2.05, 4.69) is 10.3 Å². The van der Waals surface area contributed by atoms with Crippen LogP contribution in [0.25, 0.3) is 10.2 Å². The number of rotatable bonds is 4. The van der Waals surface area contributed by atoms with Gasteiger partial charge in [-0.3, -0.25) is 10.1 Å². The Morgan fingerprint density at radius 2 is 1.68 bits per heavy atom. The van der Waals surface area contributed by atoms with Crippen LogP contribution in [0.1, 0.15) is 10.4 Å². The molecule has 5 nitrogen and oxygen atoms in total. The van der Waals surface area contributed by atoms with E-state index in [-0.39, 0.29) is 20.9 Å². The van der Waals surface area contributed by atoms with Gasteiger partial charge in [0.05, 0.1) is 18.9 Å². The summed E-state index contributed by atoms with van der Waals surface area (Å²) < 4.78 is 50.5. The number of aromatic nitrogens is 1. The Hall–Kier alpha value is -2.81. The van der Waals surface area contributed by atoms with Gasteiger partial charge in [0.2, 0.25) is 0 Å². The molecule has 2 aromatic carbocycles. The summed E-state index contributed by atoms with van der Waals surface area (Å²) >= 11 is 0.825. The van der Waals surface area contributed by atoms with E-state index in [1.165, 1.54) is 26.4 Å². The van der Waals surface area contributed by atoms with Crippen LogP contribution in [0, 0.1) is 17.5 Å². The largest absolute Gasteiger partial charge is 0.497 e.